The van der Waals surface area contributed by atoms with Gasteiger partial charge in [-0.3, -0.25) is 9.69 Å². The van der Waals surface area contributed by atoms with Crippen LogP contribution in [0.3, 0.4) is 0 Å². The standard InChI is InChI=1S/C17H35N5O2.HI/c1-6-7-8-18-16(19-13-15(23)21(4)5)20-14-17(2,3)22-9-11-24-12-10-22;/h6-14H2,1-5H3,(H2,18,19,20);1H. The lowest BCUT2D eigenvalue weighted by Gasteiger charge is -2.41. The molecule has 1 aliphatic heterocycles. The molecule has 0 aromatic heterocycles. The van der Waals surface area contributed by atoms with Crippen molar-refractivity contribution in [1.29, 1.82) is 0 Å². The second-order valence-corrected chi connectivity index (χ2v) is 7.00. The number of carbonyl (C=O) groups excluding carboxylic acids is 1. The van der Waals surface area contributed by atoms with Gasteiger partial charge in [0.15, 0.2) is 5.96 Å². The molecule has 1 heterocycles. The number of hydrogen-bond donors (Lipinski definition) is 2. The smallest absolute Gasteiger partial charge is 0.243 e. The van der Waals surface area contributed by atoms with E-state index in [0.717, 1.165) is 52.2 Å². The second-order valence-electron chi connectivity index (χ2n) is 7.00. The molecule has 0 spiro atoms. The first kappa shape index (κ1) is 24.4. The molecule has 2 N–H and O–H groups in total. The summed E-state index contributed by atoms with van der Waals surface area (Å²) in [7, 11) is 3.49. The molecule has 1 saturated heterocycles. The van der Waals surface area contributed by atoms with E-state index in [0.29, 0.717) is 5.96 Å². The summed E-state index contributed by atoms with van der Waals surface area (Å²) >= 11 is 0. The minimum atomic E-state index is -0.000897. The Morgan fingerprint density at radius 3 is 2.44 bits per heavy atom. The molecular formula is C17H36IN5O2. The molecule has 1 fully saturated rings. The van der Waals surface area contributed by atoms with Gasteiger partial charge in [-0.25, -0.2) is 4.99 Å². The summed E-state index contributed by atoms with van der Waals surface area (Å²) in [5.74, 6) is 0.707. The van der Waals surface area contributed by atoms with Crippen LogP contribution in [0.15, 0.2) is 4.99 Å². The van der Waals surface area contributed by atoms with Crippen LogP contribution in [-0.4, -0.2) is 87.2 Å². The number of carbonyl (C=O) groups is 1. The zero-order valence-corrected chi connectivity index (χ0v) is 18.8. The fraction of sp³-hybridized carbons (Fsp3) is 0.882. The summed E-state index contributed by atoms with van der Waals surface area (Å²) in [4.78, 5) is 20.2. The first-order chi connectivity index (χ1) is 11.4. The lowest BCUT2D eigenvalue weighted by molar-refractivity contribution is -0.127. The van der Waals surface area contributed by atoms with Crippen molar-refractivity contribution in [1.82, 2.24) is 20.4 Å². The summed E-state index contributed by atoms with van der Waals surface area (Å²) in [5, 5.41) is 6.71. The number of nitrogens with zero attached hydrogens (tertiary/aromatic N) is 3. The Morgan fingerprint density at radius 2 is 1.88 bits per heavy atom. The van der Waals surface area contributed by atoms with Crippen molar-refractivity contribution >= 4 is 35.8 Å². The van der Waals surface area contributed by atoms with Gasteiger partial charge in [0, 0.05) is 45.8 Å². The van der Waals surface area contributed by atoms with E-state index in [2.05, 4.69) is 41.3 Å². The van der Waals surface area contributed by atoms with Gasteiger partial charge in [0.2, 0.25) is 5.91 Å². The molecule has 0 saturated carbocycles. The predicted octanol–water partition coefficient (Wildman–Crippen LogP) is 1.14. The van der Waals surface area contributed by atoms with Gasteiger partial charge < -0.3 is 20.3 Å². The number of morpholine rings is 1. The van der Waals surface area contributed by atoms with Crippen molar-refractivity contribution in [3.63, 3.8) is 0 Å². The summed E-state index contributed by atoms with van der Waals surface area (Å²) < 4.78 is 5.43. The second kappa shape index (κ2) is 12.7. The van der Waals surface area contributed by atoms with Gasteiger partial charge >= 0.3 is 0 Å². The van der Waals surface area contributed by atoms with E-state index in [1.807, 2.05) is 0 Å². The normalized spacial score (nSPS) is 16.1. The van der Waals surface area contributed by atoms with Crippen LogP contribution in [0.1, 0.15) is 33.6 Å². The number of amides is 1. The van der Waals surface area contributed by atoms with Crippen molar-refractivity contribution in [3.05, 3.63) is 0 Å². The number of ether oxygens (including phenoxy) is 1. The maximum Gasteiger partial charge on any atom is 0.243 e. The van der Waals surface area contributed by atoms with Crippen molar-refractivity contribution in [2.45, 2.75) is 39.2 Å². The molecule has 7 nitrogen and oxygen atoms in total. The zero-order chi connectivity index (χ0) is 18.0. The summed E-state index contributed by atoms with van der Waals surface area (Å²) in [6, 6.07) is 0. The highest BCUT2D eigenvalue weighted by atomic mass is 127. The Balaban J connectivity index is 0.00000576. The van der Waals surface area contributed by atoms with Gasteiger partial charge in [-0.15, -0.1) is 24.0 Å². The number of likely N-dealkylation sites (N-methyl/N-ethyl adjacent to an activating group) is 1. The highest BCUT2D eigenvalue weighted by molar-refractivity contribution is 14.0. The Morgan fingerprint density at radius 1 is 1.24 bits per heavy atom. The zero-order valence-electron chi connectivity index (χ0n) is 16.4. The number of halogens is 1. The summed E-state index contributed by atoms with van der Waals surface area (Å²) in [6.45, 7) is 11.9. The number of rotatable bonds is 8. The van der Waals surface area contributed by atoms with E-state index in [1.54, 1.807) is 19.0 Å². The van der Waals surface area contributed by atoms with Crippen molar-refractivity contribution < 1.29 is 9.53 Å². The third-order valence-electron chi connectivity index (χ3n) is 4.25. The average molecular weight is 469 g/mol. The van der Waals surface area contributed by atoms with Gasteiger partial charge in [-0.1, -0.05) is 13.3 Å². The van der Waals surface area contributed by atoms with E-state index in [1.165, 1.54) is 0 Å². The number of guanidine groups is 1. The van der Waals surface area contributed by atoms with Crippen LogP contribution in [0, 0.1) is 0 Å². The van der Waals surface area contributed by atoms with Crippen molar-refractivity contribution in [2.24, 2.45) is 4.99 Å². The van der Waals surface area contributed by atoms with Crippen LogP contribution in [0.2, 0.25) is 0 Å². The largest absolute Gasteiger partial charge is 0.379 e. The monoisotopic (exact) mass is 469 g/mol. The van der Waals surface area contributed by atoms with E-state index in [4.69, 9.17) is 4.74 Å². The summed E-state index contributed by atoms with van der Waals surface area (Å²) in [6.07, 6.45) is 2.20. The molecular weight excluding hydrogens is 433 g/mol. The predicted molar refractivity (Wildman–Crippen MR) is 114 cm³/mol. The molecule has 0 aromatic carbocycles. The quantitative estimate of drug-likeness (QED) is 0.242. The number of nitrogens with one attached hydrogen (secondary N) is 2. The van der Waals surface area contributed by atoms with Crippen LogP contribution in [0.5, 0.6) is 0 Å². The molecule has 0 radical (unpaired) electrons. The van der Waals surface area contributed by atoms with Crippen LogP contribution < -0.4 is 10.6 Å². The Hall–Kier alpha value is -0.610. The third kappa shape index (κ3) is 9.60. The lowest BCUT2D eigenvalue weighted by Crippen LogP contribution is -2.56. The fourth-order valence-electron chi connectivity index (χ4n) is 2.43. The number of aliphatic imine (C=N–C) groups is 1. The Bertz CT molecular complexity index is 410. The molecule has 0 aromatic rings. The molecule has 0 atom stereocenters. The number of unbranched alkanes of at least 4 members (excludes halogenated alkanes) is 1. The molecule has 25 heavy (non-hydrogen) atoms. The molecule has 1 rings (SSSR count). The summed E-state index contributed by atoms with van der Waals surface area (Å²) in [5.41, 5.74) is 0.00252. The topological polar surface area (TPSA) is 69.2 Å². The van der Waals surface area contributed by atoms with Crippen LogP contribution >= 0.6 is 24.0 Å². The van der Waals surface area contributed by atoms with Gasteiger partial charge in [-0.2, -0.15) is 0 Å². The Kier molecular flexibility index (Phi) is 12.4. The molecule has 1 amide bonds. The van der Waals surface area contributed by atoms with E-state index < -0.39 is 0 Å². The molecule has 1 aliphatic rings. The van der Waals surface area contributed by atoms with Crippen LogP contribution in [0.25, 0.3) is 0 Å². The van der Waals surface area contributed by atoms with Crippen molar-refractivity contribution in [2.75, 3.05) is 60.0 Å². The van der Waals surface area contributed by atoms with Gasteiger partial charge in [0.25, 0.3) is 0 Å². The SMILES string of the molecule is CCCCNC(=NCC(=O)N(C)C)NCC(C)(C)N1CCOCC1.I. The van der Waals surface area contributed by atoms with E-state index in [9.17, 15) is 4.79 Å². The Labute approximate surface area is 170 Å². The molecule has 0 unspecified atom stereocenters. The molecule has 148 valence electrons. The first-order valence-corrected chi connectivity index (χ1v) is 8.92. The molecule has 8 heteroatoms. The highest BCUT2D eigenvalue weighted by Crippen LogP contribution is 2.14. The van der Waals surface area contributed by atoms with Crippen LogP contribution in [0.4, 0.5) is 0 Å². The fourth-order valence-corrected chi connectivity index (χ4v) is 2.43. The van der Waals surface area contributed by atoms with Crippen LogP contribution in [-0.2, 0) is 9.53 Å². The van der Waals surface area contributed by atoms with Gasteiger partial charge in [0.1, 0.15) is 6.54 Å². The van der Waals surface area contributed by atoms with E-state index >= 15 is 0 Å². The van der Waals surface area contributed by atoms with Gasteiger partial charge in [0.05, 0.1) is 13.2 Å². The molecule has 0 aliphatic carbocycles. The first-order valence-electron chi connectivity index (χ1n) is 8.92. The minimum Gasteiger partial charge on any atom is -0.379 e. The van der Waals surface area contributed by atoms with Crippen molar-refractivity contribution in [3.8, 4) is 0 Å². The molecule has 0 bridgehead atoms. The number of hydrogen-bond acceptors (Lipinski definition) is 4. The average Bonchev–Trinajstić information content (AvgIpc) is 2.57. The van der Waals surface area contributed by atoms with E-state index in [-0.39, 0.29) is 42.0 Å². The maximum absolute atomic E-state index is 11.8. The highest BCUT2D eigenvalue weighted by Gasteiger charge is 2.28. The minimum absolute atomic E-state index is 0. The lowest BCUT2D eigenvalue weighted by atomic mass is 10.0. The third-order valence-corrected chi connectivity index (χ3v) is 4.25. The van der Waals surface area contributed by atoms with Gasteiger partial charge in [-0.05, 0) is 20.3 Å². The maximum atomic E-state index is 11.8.